The van der Waals surface area contributed by atoms with Gasteiger partial charge in [0.15, 0.2) is 0 Å². The average Bonchev–Trinajstić information content (AvgIpc) is 3.18. The lowest BCUT2D eigenvalue weighted by atomic mass is 10.1. The van der Waals surface area contributed by atoms with Gasteiger partial charge in [-0.3, -0.25) is 0 Å². The summed E-state index contributed by atoms with van der Waals surface area (Å²) in [5, 5.41) is 17.8. The van der Waals surface area contributed by atoms with Crippen molar-refractivity contribution in [1.29, 1.82) is 5.26 Å². The minimum absolute atomic E-state index is 0.256. The van der Waals surface area contributed by atoms with Crippen LogP contribution in [0.3, 0.4) is 0 Å². The molecule has 2 rings (SSSR count). The van der Waals surface area contributed by atoms with Crippen molar-refractivity contribution in [3.05, 3.63) is 57.3 Å². The van der Waals surface area contributed by atoms with Crippen molar-refractivity contribution in [2.45, 2.75) is 39.5 Å². The van der Waals surface area contributed by atoms with Crippen LogP contribution in [0.1, 0.15) is 54.8 Å². The van der Waals surface area contributed by atoms with Gasteiger partial charge < -0.3 is 10.0 Å². The van der Waals surface area contributed by atoms with Gasteiger partial charge in [-0.25, -0.2) is 4.79 Å². The lowest BCUT2D eigenvalue weighted by Gasteiger charge is -2.24. The standard InChI is InChI=1S/C24H28N2O2S/c1-3-5-15-26(16-6-4-2)21-10-7-19(8-11-21)9-12-22-13-14-23(29-22)17-20(18-25)24(27)28/h7-14,17H,3-6,15-16H2,1-2H3,(H,27,28)/b12-9+,20-17?. The second kappa shape index (κ2) is 11.9. The fourth-order valence-electron chi connectivity index (χ4n) is 2.86. The summed E-state index contributed by atoms with van der Waals surface area (Å²) in [6, 6.07) is 14.1. The molecule has 1 heterocycles. The summed E-state index contributed by atoms with van der Waals surface area (Å²) in [6.07, 6.45) is 10.3. The van der Waals surface area contributed by atoms with E-state index in [2.05, 4.69) is 43.0 Å². The molecule has 29 heavy (non-hydrogen) atoms. The van der Waals surface area contributed by atoms with E-state index in [1.54, 1.807) is 6.07 Å². The summed E-state index contributed by atoms with van der Waals surface area (Å²) in [5.74, 6) is -1.20. The Bertz CT molecular complexity index is 880. The highest BCUT2D eigenvalue weighted by molar-refractivity contribution is 7.13. The number of nitriles is 1. The van der Waals surface area contributed by atoms with E-state index in [1.165, 1.54) is 48.8 Å². The van der Waals surface area contributed by atoms with Gasteiger partial charge >= 0.3 is 5.97 Å². The third-order valence-electron chi connectivity index (χ3n) is 4.55. The first kappa shape index (κ1) is 22.4. The van der Waals surface area contributed by atoms with Crippen LogP contribution >= 0.6 is 11.3 Å². The smallest absolute Gasteiger partial charge is 0.346 e. The summed E-state index contributed by atoms with van der Waals surface area (Å²) in [7, 11) is 0. The van der Waals surface area contributed by atoms with E-state index in [1.807, 2.05) is 24.3 Å². The molecule has 1 N–H and O–H groups in total. The van der Waals surface area contributed by atoms with Crippen LogP contribution in [-0.2, 0) is 4.79 Å². The molecule has 2 aromatic rings. The molecule has 152 valence electrons. The average molecular weight is 409 g/mol. The molecular formula is C24H28N2O2S. The zero-order valence-corrected chi connectivity index (χ0v) is 17.9. The largest absolute Gasteiger partial charge is 0.477 e. The highest BCUT2D eigenvalue weighted by atomic mass is 32.1. The molecule has 0 saturated carbocycles. The van der Waals surface area contributed by atoms with E-state index in [0.717, 1.165) is 28.4 Å². The number of carboxylic acids is 1. The number of carbonyl (C=O) groups is 1. The molecule has 0 aliphatic carbocycles. The normalized spacial score (nSPS) is 11.6. The first-order valence-electron chi connectivity index (χ1n) is 10.0. The highest BCUT2D eigenvalue weighted by Gasteiger charge is 2.07. The Morgan fingerprint density at radius 2 is 1.66 bits per heavy atom. The fraction of sp³-hybridized carbons (Fsp3) is 0.333. The Hall–Kier alpha value is -2.84. The van der Waals surface area contributed by atoms with Gasteiger partial charge in [-0.1, -0.05) is 44.9 Å². The van der Waals surface area contributed by atoms with E-state index >= 15 is 0 Å². The molecular weight excluding hydrogens is 380 g/mol. The highest BCUT2D eigenvalue weighted by Crippen LogP contribution is 2.23. The number of anilines is 1. The predicted octanol–water partition coefficient (Wildman–Crippen LogP) is 6.32. The first-order valence-corrected chi connectivity index (χ1v) is 10.9. The van der Waals surface area contributed by atoms with E-state index in [4.69, 9.17) is 10.4 Å². The third kappa shape index (κ3) is 7.24. The zero-order valence-electron chi connectivity index (χ0n) is 17.1. The molecule has 0 spiro atoms. The molecule has 0 saturated heterocycles. The van der Waals surface area contributed by atoms with Crippen molar-refractivity contribution in [2.24, 2.45) is 0 Å². The topological polar surface area (TPSA) is 64.3 Å². The molecule has 1 aromatic heterocycles. The molecule has 0 aliphatic heterocycles. The van der Waals surface area contributed by atoms with E-state index in [9.17, 15) is 4.79 Å². The van der Waals surface area contributed by atoms with Gasteiger partial charge in [-0.2, -0.15) is 5.26 Å². The van der Waals surface area contributed by atoms with Gasteiger partial charge in [-0.05, 0) is 54.8 Å². The van der Waals surface area contributed by atoms with Gasteiger partial charge in [-0.15, -0.1) is 11.3 Å². The van der Waals surface area contributed by atoms with Crippen LogP contribution < -0.4 is 4.90 Å². The Kier molecular flexibility index (Phi) is 9.20. The van der Waals surface area contributed by atoms with Crippen LogP contribution in [0, 0.1) is 11.3 Å². The van der Waals surface area contributed by atoms with Crippen molar-refractivity contribution < 1.29 is 9.90 Å². The summed E-state index contributed by atoms with van der Waals surface area (Å²) >= 11 is 1.45. The van der Waals surface area contributed by atoms with Crippen molar-refractivity contribution in [1.82, 2.24) is 0 Å². The molecule has 0 aliphatic rings. The minimum Gasteiger partial charge on any atom is -0.477 e. The van der Waals surface area contributed by atoms with Gasteiger partial charge in [0.2, 0.25) is 0 Å². The molecule has 5 heteroatoms. The maximum absolute atomic E-state index is 10.9. The summed E-state index contributed by atoms with van der Waals surface area (Å²) in [5.41, 5.74) is 2.13. The molecule has 0 radical (unpaired) electrons. The van der Waals surface area contributed by atoms with Crippen molar-refractivity contribution in [3.8, 4) is 6.07 Å². The number of hydrogen-bond acceptors (Lipinski definition) is 4. The number of nitrogens with zero attached hydrogens (tertiary/aromatic N) is 2. The van der Waals surface area contributed by atoms with Crippen LogP contribution in [0.5, 0.6) is 0 Å². The summed E-state index contributed by atoms with van der Waals surface area (Å²) in [6.45, 7) is 6.64. The summed E-state index contributed by atoms with van der Waals surface area (Å²) < 4.78 is 0. The number of benzene rings is 1. The molecule has 0 atom stereocenters. The quantitative estimate of drug-likeness (QED) is 0.349. The van der Waals surface area contributed by atoms with Crippen LogP contribution in [0.25, 0.3) is 18.2 Å². The number of carboxylic acid groups (broad SMARTS) is 1. The Labute approximate surface area is 177 Å². The van der Waals surface area contributed by atoms with Gasteiger partial charge in [0.25, 0.3) is 0 Å². The van der Waals surface area contributed by atoms with Crippen LogP contribution in [0.2, 0.25) is 0 Å². The minimum atomic E-state index is -1.20. The SMILES string of the molecule is CCCCN(CCCC)c1ccc(/C=C/c2ccc(C=C(C#N)C(=O)O)s2)cc1. The molecule has 0 fully saturated rings. The first-order chi connectivity index (χ1) is 14.1. The van der Waals surface area contributed by atoms with Gasteiger partial charge in [0.1, 0.15) is 11.6 Å². The van der Waals surface area contributed by atoms with Gasteiger partial charge in [0, 0.05) is 28.5 Å². The molecule has 1 aromatic carbocycles. The van der Waals surface area contributed by atoms with Crippen LogP contribution in [0.4, 0.5) is 5.69 Å². The maximum atomic E-state index is 10.9. The lowest BCUT2D eigenvalue weighted by Crippen LogP contribution is -2.25. The monoisotopic (exact) mass is 408 g/mol. The van der Waals surface area contributed by atoms with Gasteiger partial charge in [0.05, 0.1) is 0 Å². The number of thiophene rings is 1. The fourth-order valence-corrected chi connectivity index (χ4v) is 3.72. The zero-order chi connectivity index (χ0) is 21.1. The second-order valence-corrected chi connectivity index (χ2v) is 7.98. The number of hydrogen-bond donors (Lipinski definition) is 1. The second-order valence-electron chi connectivity index (χ2n) is 6.83. The van der Waals surface area contributed by atoms with E-state index in [-0.39, 0.29) is 5.57 Å². The molecule has 0 unspecified atom stereocenters. The third-order valence-corrected chi connectivity index (χ3v) is 5.54. The van der Waals surface area contributed by atoms with E-state index in [0.29, 0.717) is 0 Å². The van der Waals surface area contributed by atoms with Crippen molar-refractivity contribution in [2.75, 3.05) is 18.0 Å². The molecule has 0 amide bonds. The van der Waals surface area contributed by atoms with Crippen LogP contribution in [-0.4, -0.2) is 24.2 Å². The summed E-state index contributed by atoms with van der Waals surface area (Å²) in [4.78, 5) is 15.2. The number of rotatable bonds is 11. The number of aliphatic carboxylic acids is 1. The number of unbranched alkanes of at least 4 members (excludes halogenated alkanes) is 2. The van der Waals surface area contributed by atoms with Crippen molar-refractivity contribution in [3.63, 3.8) is 0 Å². The Morgan fingerprint density at radius 1 is 1.03 bits per heavy atom. The lowest BCUT2D eigenvalue weighted by molar-refractivity contribution is -0.132. The van der Waals surface area contributed by atoms with Crippen molar-refractivity contribution >= 4 is 41.2 Å². The molecule has 0 bridgehead atoms. The Balaban J connectivity index is 2.06. The predicted molar refractivity (Wildman–Crippen MR) is 123 cm³/mol. The Morgan fingerprint density at radius 3 is 2.21 bits per heavy atom. The van der Waals surface area contributed by atoms with E-state index < -0.39 is 5.97 Å². The maximum Gasteiger partial charge on any atom is 0.346 e. The molecule has 4 nitrogen and oxygen atoms in total. The van der Waals surface area contributed by atoms with Crippen LogP contribution in [0.15, 0.2) is 42.0 Å².